The Labute approximate surface area is 202 Å². The van der Waals surface area contributed by atoms with Gasteiger partial charge in [0.2, 0.25) is 5.91 Å². The number of hydrogen-bond acceptors (Lipinski definition) is 4. The monoisotopic (exact) mass is 495 g/mol. The Hall–Kier alpha value is -2.13. The third kappa shape index (κ3) is 3.90. The van der Waals surface area contributed by atoms with Crippen molar-refractivity contribution in [2.45, 2.75) is 77.2 Å². The minimum Gasteiger partial charge on any atom is -0.342 e. The molecular weight excluding hydrogens is 467 g/mol. The van der Waals surface area contributed by atoms with E-state index < -0.39 is 11.7 Å². The second-order valence-electron chi connectivity index (χ2n) is 10.6. The van der Waals surface area contributed by atoms with Crippen LogP contribution in [0, 0.1) is 5.41 Å². The average Bonchev–Trinajstić information content (AvgIpc) is 3.44. The predicted octanol–water partition coefficient (Wildman–Crippen LogP) is 5.08. The number of fused-ring (bicyclic) bond motifs is 3. The van der Waals surface area contributed by atoms with Gasteiger partial charge in [-0.3, -0.25) is 14.3 Å². The Bertz CT molecular complexity index is 1120. The van der Waals surface area contributed by atoms with Crippen molar-refractivity contribution in [1.29, 1.82) is 0 Å². The van der Waals surface area contributed by atoms with E-state index in [1.165, 1.54) is 18.7 Å². The molecule has 2 aliphatic heterocycles. The van der Waals surface area contributed by atoms with Crippen LogP contribution < -0.4 is 0 Å². The van der Waals surface area contributed by atoms with Gasteiger partial charge in [0.15, 0.2) is 5.82 Å². The molecule has 6 nitrogen and oxygen atoms in total. The number of benzene rings is 1. The van der Waals surface area contributed by atoms with Gasteiger partial charge in [-0.25, -0.2) is 0 Å². The number of amides is 1. The number of carbonyl (C=O) groups excluding carboxylic acids is 1. The highest BCUT2D eigenvalue weighted by molar-refractivity contribution is 6.30. The van der Waals surface area contributed by atoms with Gasteiger partial charge in [-0.05, 0) is 63.3 Å². The topological polar surface area (TPSA) is 54.3 Å². The molecular formula is C24H29ClF3N5O. The van der Waals surface area contributed by atoms with E-state index in [1.807, 2.05) is 22.5 Å². The van der Waals surface area contributed by atoms with Crippen LogP contribution in [0.15, 0.2) is 18.2 Å². The zero-order chi connectivity index (χ0) is 24.5. The molecule has 0 bridgehead atoms. The molecule has 5 rings (SSSR count). The van der Waals surface area contributed by atoms with E-state index in [0.717, 1.165) is 37.2 Å². The minimum atomic E-state index is -4.42. The smallest absolute Gasteiger partial charge is 0.342 e. The Morgan fingerprint density at radius 1 is 1.12 bits per heavy atom. The van der Waals surface area contributed by atoms with Gasteiger partial charge in [0.05, 0.1) is 12.2 Å². The third-order valence-electron chi connectivity index (χ3n) is 7.88. The van der Waals surface area contributed by atoms with Gasteiger partial charge in [0.1, 0.15) is 11.4 Å². The lowest BCUT2D eigenvalue weighted by Gasteiger charge is -2.38. The van der Waals surface area contributed by atoms with Crippen LogP contribution in [0.5, 0.6) is 0 Å². The normalized spacial score (nSPS) is 21.1. The zero-order valence-electron chi connectivity index (χ0n) is 19.6. The summed E-state index contributed by atoms with van der Waals surface area (Å²) in [7, 11) is 0. The highest BCUT2D eigenvalue weighted by Gasteiger charge is 2.52. The van der Waals surface area contributed by atoms with E-state index in [1.54, 1.807) is 12.1 Å². The molecule has 0 N–H and O–H groups in total. The summed E-state index contributed by atoms with van der Waals surface area (Å²) in [6, 6.07) is 5.31. The average molecular weight is 496 g/mol. The third-order valence-corrected chi connectivity index (χ3v) is 8.11. The number of aromatic nitrogens is 3. The fourth-order valence-corrected chi connectivity index (χ4v) is 5.18. The first-order chi connectivity index (χ1) is 15.9. The Morgan fingerprint density at radius 2 is 1.79 bits per heavy atom. The van der Waals surface area contributed by atoms with Crippen molar-refractivity contribution in [3.8, 4) is 5.69 Å². The van der Waals surface area contributed by atoms with Crippen molar-refractivity contribution in [3.05, 3.63) is 40.4 Å². The van der Waals surface area contributed by atoms with Crippen molar-refractivity contribution < 1.29 is 18.0 Å². The van der Waals surface area contributed by atoms with E-state index in [0.29, 0.717) is 29.5 Å². The zero-order valence-corrected chi connectivity index (χ0v) is 20.4. The lowest BCUT2D eigenvalue weighted by atomic mass is 9.94. The molecule has 0 unspecified atom stereocenters. The number of piperidine rings is 1. The molecule has 3 heterocycles. The molecule has 1 aromatic heterocycles. The van der Waals surface area contributed by atoms with Crippen LogP contribution in [0.3, 0.4) is 0 Å². The lowest BCUT2D eigenvalue weighted by Crippen LogP contribution is -2.53. The number of halogens is 4. The van der Waals surface area contributed by atoms with Crippen LogP contribution in [-0.4, -0.2) is 55.3 Å². The Morgan fingerprint density at radius 3 is 2.41 bits per heavy atom. The number of carbonyl (C=O) groups is 1. The summed E-state index contributed by atoms with van der Waals surface area (Å²) in [5.74, 6) is 1.53. The highest BCUT2D eigenvalue weighted by Crippen LogP contribution is 2.47. The van der Waals surface area contributed by atoms with Crippen molar-refractivity contribution in [2.24, 2.45) is 5.41 Å². The minimum absolute atomic E-state index is 0.0154. The van der Waals surface area contributed by atoms with Crippen LogP contribution in [0.1, 0.15) is 69.6 Å². The maximum Gasteiger partial charge on any atom is 0.406 e. The van der Waals surface area contributed by atoms with E-state index in [4.69, 9.17) is 11.6 Å². The second-order valence-corrected chi connectivity index (χ2v) is 11.1. The Balaban J connectivity index is 1.47. The molecule has 1 aromatic carbocycles. The van der Waals surface area contributed by atoms with Gasteiger partial charge in [-0.1, -0.05) is 18.5 Å². The first-order valence-corrected chi connectivity index (χ1v) is 12.1. The number of likely N-dealkylation sites (tertiary alicyclic amines) is 1. The molecule has 1 amide bonds. The van der Waals surface area contributed by atoms with Gasteiger partial charge < -0.3 is 4.90 Å². The first kappa shape index (κ1) is 23.6. The predicted molar refractivity (Wildman–Crippen MR) is 122 cm³/mol. The highest BCUT2D eigenvalue weighted by atomic mass is 35.5. The molecule has 1 saturated carbocycles. The molecule has 0 atom stereocenters. The molecule has 34 heavy (non-hydrogen) atoms. The Kier molecular flexibility index (Phi) is 5.52. The van der Waals surface area contributed by atoms with Crippen LogP contribution >= 0.6 is 11.6 Å². The number of nitrogens with zero attached hydrogens (tertiary/aromatic N) is 5. The molecule has 184 valence electrons. The summed E-state index contributed by atoms with van der Waals surface area (Å²) < 4.78 is 43.7. The van der Waals surface area contributed by atoms with Crippen LogP contribution in [0.4, 0.5) is 13.2 Å². The van der Waals surface area contributed by atoms with E-state index in [-0.39, 0.29) is 30.3 Å². The molecule has 3 aliphatic rings. The summed E-state index contributed by atoms with van der Waals surface area (Å²) in [4.78, 5) is 16.1. The first-order valence-electron chi connectivity index (χ1n) is 11.7. The maximum atomic E-state index is 13.9. The molecule has 1 aliphatic carbocycles. The maximum absolute atomic E-state index is 13.9. The molecule has 0 spiro atoms. The SMILES string of the molecule is CC1(C(=O)N2CCC(c3nnc4n3-c3ccc(Cl)cc3CN(C(C)(C)C(F)(F)F)C4)CC2)CC1. The summed E-state index contributed by atoms with van der Waals surface area (Å²) in [6.07, 6.45) is -1.01. The lowest BCUT2D eigenvalue weighted by molar-refractivity contribution is -0.224. The standard InChI is InChI=1S/C24H29ClF3N5O/c1-22(2,24(26,27)28)32-13-16-12-17(25)4-5-18(16)33-19(14-32)29-30-20(33)15-6-10-31(11-7-15)21(34)23(3)8-9-23/h4-5,12,15H,6-11,13-14H2,1-3H3. The number of alkyl halides is 3. The molecule has 2 fully saturated rings. The largest absolute Gasteiger partial charge is 0.406 e. The molecule has 2 aromatic rings. The van der Waals surface area contributed by atoms with Crippen LogP contribution in [0.25, 0.3) is 5.69 Å². The fraction of sp³-hybridized carbons (Fsp3) is 0.625. The van der Waals surface area contributed by atoms with Gasteiger partial charge in [0.25, 0.3) is 0 Å². The summed E-state index contributed by atoms with van der Waals surface area (Å²) in [5, 5.41) is 9.29. The summed E-state index contributed by atoms with van der Waals surface area (Å²) in [5.41, 5.74) is -0.771. The van der Waals surface area contributed by atoms with Crippen LogP contribution in [-0.2, 0) is 17.9 Å². The van der Waals surface area contributed by atoms with Crippen molar-refractivity contribution in [3.63, 3.8) is 0 Å². The number of rotatable bonds is 3. The molecule has 10 heteroatoms. The van der Waals surface area contributed by atoms with Gasteiger partial charge in [0, 0.05) is 36.0 Å². The molecule has 0 radical (unpaired) electrons. The summed E-state index contributed by atoms with van der Waals surface area (Å²) >= 11 is 6.24. The van der Waals surface area contributed by atoms with E-state index in [2.05, 4.69) is 10.2 Å². The van der Waals surface area contributed by atoms with Gasteiger partial charge >= 0.3 is 6.18 Å². The van der Waals surface area contributed by atoms with Crippen molar-refractivity contribution in [1.82, 2.24) is 24.6 Å². The van der Waals surface area contributed by atoms with E-state index in [9.17, 15) is 18.0 Å². The quantitative estimate of drug-likeness (QED) is 0.595. The second kappa shape index (κ2) is 7.95. The molecule has 1 saturated heterocycles. The van der Waals surface area contributed by atoms with Gasteiger partial charge in [-0.2, -0.15) is 13.2 Å². The van der Waals surface area contributed by atoms with Crippen LogP contribution in [0.2, 0.25) is 5.02 Å². The summed E-state index contributed by atoms with van der Waals surface area (Å²) in [6.45, 7) is 5.83. The fourth-order valence-electron chi connectivity index (χ4n) is 4.99. The number of hydrogen-bond donors (Lipinski definition) is 0. The van der Waals surface area contributed by atoms with Crippen molar-refractivity contribution in [2.75, 3.05) is 13.1 Å². The van der Waals surface area contributed by atoms with Gasteiger partial charge in [-0.15, -0.1) is 10.2 Å². The van der Waals surface area contributed by atoms with Crippen molar-refractivity contribution >= 4 is 17.5 Å². The van der Waals surface area contributed by atoms with E-state index >= 15 is 0 Å².